The van der Waals surface area contributed by atoms with Gasteiger partial charge in [0.2, 0.25) is 0 Å². The fraction of sp³-hybridized carbons (Fsp3) is 0.566. The Labute approximate surface area is 361 Å². The smallest absolute Gasteiger partial charge is 0.306 e. The van der Waals surface area contributed by atoms with Gasteiger partial charge in [-0.15, -0.1) is 0 Å². The topological polar surface area (TPSA) is 78.9 Å². The van der Waals surface area contributed by atoms with E-state index in [9.17, 15) is 14.4 Å². The molecule has 0 aromatic rings. The van der Waals surface area contributed by atoms with Gasteiger partial charge in [-0.25, -0.2) is 0 Å². The standard InChI is InChI=1S/C53H82O6/c1-4-7-10-13-16-19-22-25-26-27-29-31-34-37-40-43-46-52(55)58-49-50(48-57-51(54)45-42-39-36-33-30-24-21-18-15-12-9-6-3)59-53(56)47-44-41-38-35-32-28-23-20-17-14-11-8-5-2/h7-12,14,16-21,23,25-26,28,32,35,38,50H,4-6,13,15,22,24,27,29-31,33-34,36-37,39-49H2,1-3H3/b10-7-,11-8-,12-9-,17-14-,19-16-,21-18-,23-20-,26-25-,32-28-,38-35-. The summed E-state index contributed by atoms with van der Waals surface area (Å²) in [6, 6.07) is 0. The van der Waals surface area contributed by atoms with Crippen LogP contribution in [0.3, 0.4) is 0 Å². The van der Waals surface area contributed by atoms with E-state index in [0.717, 1.165) is 116 Å². The fourth-order valence-corrected chi connectivity index (χ4v) is 5.70. The Bertz CT molecular complexity index is 1300. The molecule has 0 aliphatic rings. The molecule has 330 valence electrons. The molecule has 1 unspecified atom stereocenters. The van der Waals surface area contributed by atoms with Crippen LogP contribution in [0.15, 0.2) is 122 Å². The van der Waals surface area contributed by atoms with E-state index in [-0.39, 0.29) is 31.6 Å². The largest absolute Gasteiger partial charge is 0.462 e. The molecule has 0 radical (unpaired) electrons. The number of allylic oxidation sites excluding steroid dienone is 20. The number of carbonyl (C=O) groups is 3. The summed E-state index contributed by atoms with van der Waals surface area (Å²) in [5.74, 6) is -1.04. The summed E-state index contributed by atoms with van der Waals surface area (Å²) in [5.41, 5.74) is 0. The normalized spacial score (nSPS) is 13.2. The minimum absolute atomic E-state index is 0.122. The van der Waals surface area contributed by atoms with Crippen molar-refractivity contribution < 1.29 is 28.6 Å². The van der Waals surface area contributed by atoms with Gasteiger partial charge in [-0.3, -0.25) is 14.4 Å². The van der Waals surface area contributed by atoms with Crippen LogP contribution in [0.5, 0.6) is 0 Å². The number of rotatable bonds is 39. The molecule has 0 amide bonds. The first-order chi connectivity index (χ1) is 29.0. The van der Waals surface area contributed by atoms with Gasteiger partial charge in [0, 0.05) is 19.3 Å². The van der Waals surface area contributed by atoms with Crippen molar-refractivity contribution in [1.82, 2.24) is 0 Å². The van der Waals surface area contributed by atoms with Crippen LogP contribution in [0.2, 0.25) is 0 Å². The average molecular weight is 815 g/mol. The highest BCUT2D eigenvalue weighted by atomic mass is 16.6. The molecule has 0 aliphatic heterocycles. The molecule has 0 rings (SSSR count). The van der Waals surface area contributed by atoms with Crippen LogP contribution in [0, 0.1) is 0 Å². The molecule has 59 heavy (non-hydrogen) atoms. The number of carbonyl (C=O) groups excluding carboxylic acids is 3. The average Bonchev–Trinajstić information content (AvgIpc) is 3.23. The Morgan fingerprint density at radius 3 is 1.19 bits per heavy atom. The molecule has 0 heterocycles. The first-order valence-corrected chi connectivity index (χ1v) is 23.1. The number of unbranched alkanes of at least 4 members (excludes halogenated alkanes) is 12. The first-order valence-electron chi connectivity index (χ1n) is 23.1. The quantitative estimate of drug-likeness (QED) is 0.0202. The van der Waals surface area contributed by atoms with E-state index in [2.05, 4.69) is 87.6 Å². The molecule has 6 nitrogen and oxygen atoms in total. The summed E-state index contributed by atoms with van der Waals surface area (Å²) in [7, 11) is 0. The Morgan fingerprint density at radius 1 is 0.356 bits per heavy atom. The number of hydrogen-bond acceptors (Lipinski definition) is 6. The van der Waals surface area contributed by atoms with E-state index in [1.807, 2.05) is 54.7 Å². The third-order valence-electron chi connectivity index (χ3n) is 9.07. The summed E-state index contributed by atoms with van der Waals surface area (Å²) < 4.78 is 16.6. The van der Waals surface area contributed by atoms with Gasteiger partial charge >= 0.3 is 17.9 Å². The molecule has 1 atom stereocenters. The molecule has 6 heteroatoms. The number of ether oxygens (including phenoxy) is 3. The lowest BCUT2D eigenvalue weighted by atomic mass is 10.1. The molecule has 0 aliphatic carbocycles. The highest BCUT2D eigenvalue weighted by Crippen LogP contribution is 2.12. The molecule has 0 spiro atoms. The zero-order chi connectivity index (χ0) is 43.0. The monoisotopic (exact) mass is 815 g/mol. The Kier molecular flexibility index (Phi) is 43.2. The second-order valence-electron chi connectivity index (χ2n) is 14.6. The summed E-state index contributed by atoms with van der Waals surface area (Å²) in [6.07, 6.45) is 63.3. The van der Waals surface area contributed by atoms with E-state index >= 15 is 0 Å². The maximum Gasteiger partial charge on any atom is 0.306 e. The molecule has 0 N–H and O–H groups in total. The van der Waals surface area contributed by atoms with E-state index in [1.165, 1.54) is 12.8 Å². The van der Waals surface area contributed by atoms with Crippen molar-refractivity contribution in [2.24, 2.45) is 0 Å². The lowest BCUT2D eigenvalue weighted by molar-refractivity contribution is -0.167. The lowest BCUT2D eigenvalue weighted by Crippen LogP contribution is -2.30. The molecule has 0 saturated carbocycles. The number of esters is 3. The number of hydrogen-bond donors (Lipinski definition) is 0. The molecule has 0 saturated heterocycles. The van der Waals surface area contributed by atoms with Gasteiger partial charge in [-0.2, -0.15) is 0 Å². The van der Waals surface area contributed by atoms with Crippen LogP contribution < -0.4 is 0 Å². The SMILES string of the molecule is CC\C=C/C=C\C=C/C=C\C=C/CCCC(=O)OC(COC(=O)CCCCCCC/C=C\C/C=C\CC)COC(=O)CCCCCCCC/C=C\C/C=C\C/C=C\CC. The first kappa shape index (κ1) is 54.8. The predicted molar refractivity (Wildman–Crippen MR) is 251 cm³/mol. The maximum absolute atomic E-state index is 12.7. The van der Waals surface area contributed by atoms with Crippen molar-refractivity contribution in [3.05, 3.63) is 122 Å². The van der Waals surface area contributed by atoms with Gasteiger partial charge in [0.15, 0.2) is 6.10 Å². The van der Waals surface area contributed by atoms with Crippen LogP contribution in [0.4, 0.5) is 0 Å². The van der Waals surface area contributed by atoms with Gasteiger partial charge in [-0.1, -0.05) is 187 Å². The minimum Gasteiger partial charge on any atom is -0.462 e. The summed E-state index contributed by atoms with van der Waals surface area (Å²) >= 11 is 0. The maximum atomic E-state index is 12.7. The summed E-state index contributed by atoms with van der Waals surface area (Å²) in [5, 5.41) is 0. The second kappa shape index (κ2) is 46.5. The van der Waals surface area contributed by atoms with E-state index < -0.39 is 12.1 Å². The van der Waals surface area contributed by atoms with Crippen LogP contribution >= 0.6 is 0 Å². The second-order valence-corrected chi connectivity index (χ2v) is 14.6. The zero-order valence-corrected chi connectivity index (χ0v) is 37.5. The van der Waals surface area contributed by atoms with Gasteiger partial charge in [0.1, 0.15) is 13.2 Å². The van der Waals surface area contributed by atoms with Crippen LogP contribution in [0.1, 0.15) is 175 Å². The molecule has 0 fully saturated rings. The van der Waals surface area contributed by atoms with Gasteiger partial charge < -0.3 is 14.2 Å². The molecule has 0 aromatic carbocycles. The van der Waals surface area contributed by atoms with Crippen LogP contribution in [-0.2, 0) is 28.6 Å². The predicted octanol–water partition coefficient (Wildman–Crippen LogP) is 15.0. The zero-order valence-electron chi connectivity index (χ0n) is 37.5. The van der Waals surface area contributed by atoms with Crippen LogP contribution in [0.25, 0.3) is 0 Å². The van der Waals surface area contributed by atoms with Crippen LogP contribution in [-0.4, -0.2) is 37.2 Å². The van der Waals surface area contributed by atoms with E-state index in [4.69, 9.17) is 14.2 Å². The fourth-order valence-electron chi connectivity index (χ4n) is 5.70. The molecular weight excluding hydrogens is 733 g/mol. The van der Waals surface area contributed by atoms with Crippen molar-refractivity contribution in [1.29, 1.82) is 0 Å². The lowest BCUT2D eigenvalue weighted by Gasteiger charge is -2.18. The van der Waals surface area contributed by atoms with Crippen molar-refractivity contribution in [3.8, 4) is 0 Å². The van der Waals surface area contributed by atoms with Gasteiger partial charge in [-0.05, 0) is 89.9 Å². The third-order valence-corrected chi connectivity index (χ3v) is 9.07. The molecular formula is C53H82O6. The Morgan fingerprint density at radius 2 is 0.712 bits per heavy atom. The Hall–Kier alpha value is -4.19. The minimum atomic E-state index is -0.828. The van der Waals surface area contributed by atoms with Gasteiger partial charge in [0.05, 0.1) is 0 Å². The van der Waals surface area contributed by atoms with Crippen molar-refractivity contribution in [2.75, 3.05) is 13.2 Å². The molecule has 0 bridgehead atoms. The highest BCUT2D eigenvalue weighted by molar-refractivity contribution is 5.71. The van der Waals surface area contributed by atoms with Crippen molar-refractivity contribution >= 4 is 17.9 Å². The van der Waals surface area contributed by atoms with Gasteiger partial charge in [0.25, 0.3) is 0 Å². The third kappa shape index (κ3) is 44.8. The molecule has 0 aromatic heterocycles. The highest BCUT2D eigenvalue weighted by Gasteiger charge is 2.19. The Balaban J connectivity index is 4.55. The van der Waals surface area contributed by atoms with E-state index in [0.29, 0.717) is 19.3 Å². The van der Waals surface area contributed by atoms with E-state index in [1.54, 1.807) is 0 Å². The van der Waals surface area contributed by atoms with Crippen molar-refractivity contribution in [2.45, 2.75) is 181 Å². The van der Waals surface area contributed by atoms with Crippen molar-refractivity contribution in [3.63, 3.8) is 0 Å². The summed E-state index contributed by atoms with van der Waals surface area (Å²) in [4.78, 5) is 37.8. The summed E-state index contributed by atoms with van der Waals surface area (Å²) in [6.45, 7) is 6.15.